The lowest BCUT2D eigenvalue weighted by Gasteiger charge is -2.34. The van der Waals surface area contributed by atoms with E-state index in [0.717, 1.165) is 37.8 Å². The third-order valence-corrected chi connectivity index (χ3v) is 9.43. The summed E-state index contributed by atoms with van der Waals surface area (Å²) in [6.45, 7) is 6.47. The standard InChI is InChI=1S/C31H39F2N5O3/c1-4-19(17-39)23(5-2)24(6-3)27-26(33)28-25(13-34-27)29(37-15-21-8-9-22(16-37)41-21)36-30(35-28)40-18-31-10-7-11-38(31)14-20(32)12-31/h1,13,19-22,39H,5-12,14-18H2,2-3H3/b24-23-/t19?,20-,21?,22?,31+/m1/s1. The van der Waals surface area contributed by atoms with Crippen LogP contribution >= 0.6 is 0 Å². The van der Waals surface area contributed by atoms with Gasteiger partial charge in [-0.05, 0) is 56.2 Å². The number of allylic oxidation sites excluding steroid dienone is 1. The van der Waals surface area contributed by atoms with Crippen molar-refractivity contribution >= 4 is 22.3 Å². The molecule has 0 spiro atoms. The van der Waals surface area contributed by atoms with Crippen molar-refractivity contribution in [2.45, 2.75) is 82.7 Å². The van der Waals surface area contributed by atoms with E-state index in [1.165, 1.54) is 0 Å². The monoisotopic (exact) mass is 567 g/mol. The zero-order chi connectivity index (χ0) is 28.7. The number of alkyl halides is 1. The Morgan fingerprint density at radius 2 is 2.02 bits per heavy atom. The molecule has 4 fully saturated rings. The minimum atomic E-state index is -0.875. The van der Waals surface area contributed by atoms with Crippen LogP contribution in [0.2, 0.25) is 0 Å². The molecule has 10 heteroatoms. The zero-order valence-electron chi connectivity index (χ0n) is 23.9. The molecule has 0 amide bonds. The largest absolute Gasteiger partial charge is 0.461 e. The third-order valence-electron chi connectivity index (χ3n) is 9.43. The first-order valence-electron chi connectivity index (χ1n) is 15.0. The topological polar surface area (TPSA) is 83.8 Å². The summed E-state index contributed by atoms with van der Waals surface area (Å²) in [5.41, 5.74) is 1.41. The number of hydrogen-bond acceptors (Lipinski definition) is 8. The van der Waals surface area contributed by atoms with Crippen LogP contribution in [0.5, 0.6) is 6.01 Å². The lowest BCUT2D eigenvalue weighted by atomic mass is 9.89. The highest BCUT2D eigenvalue weighted by atomic mass is 19.1. The molecule has 0 aliphatic carbocycles. The number of ether oxygens (including phenoxy) is 2. The fourth-order valence-electron chi connectivity index (χ4n) is 7.45. The van der Waals surface area contributed by atoms with Crippen LogP contribution in [0.3, 0.4) is 0 Å². The molecule has 2 aromatic heterocycles. The van der Waals surface area contributed by atoms with Gasteiger partial charge < -0.3 is 19.5 Å². The Morgan fingerprint density at radius 3 is 2.71 bits per heavy atom. The smallest absolute Gasteiger partial charge is 0.319 e. The lowest BCUT2D eigenvalue weighted by Crippen LogP contribution is -2.44. The minimum Gasteiger partial charge on any atom is -0.461 e. The number of aliphatic hydroxyl groups excluding tert-OH is 1. The van der Waals surface area contributed by atoms with E-state index < -0.39 is 17.9 Å². The Morgan fingerprint density at radius 1 is 1.24 bits per heavy atom. The summed E-state index contributed by atoms with van der Waals surface area (Å²) >= 11 is 0. The van der Waals surface area contributed by atoms with Crippen LogP contribution in [0.15, 0.2) is 11.8 Å². The Bertz CT molecular complexity index is 1370. The van der Waals surface area contributed by atoms with Gasteiger partial charge in [0.15, 0.2) is 5.82 Å². The van der Waals surface area contributed by atoms with Crippen LogP contribution in [0, 0.1) is 24.1 Å². The second kappa shape index (κ2) is 11.4. The van der Waals surface area contributed by atoms with Crippen molar-refractivity contribution in [3.63, 3.8) is 0 Å². The first-order valence-corrected chi connectivity index (χ1v) is 15.0. The molecular weight excluding hydrogens is 528 g/mol. The number of nitrogens with zero attached hydrogens (tertiary/aromatic N) is 5. The van der Waals surface area contributed by atoms with E-state index in [4.69, 9.17) is 20.9 Å². The number of morpholine rings is 1. The van der Waals surface area contributed by atoms with E-state index >= 15 is 4.39 Å². The number of anilines is 1. The molecule has 3 unspecified atom stereocenters. The van der Waals surface area contributed by atoms with Crippen molar-refractivity contribution in [3.05, 3.63) is 23.3 Å². The predicted molar refractivity (Wildman–Crippen MR) is 153 cm³/mol. The SMILES string of the molecule is C#CC(CO)/C(CC)=C(/CC)c1ncc2c(N3CC4CCC(C3)O4)nc(OC[C@@]34CCCN3C[C@H](F)C4)nc2c1F. The lowest BCUT2D eigenvalue weighted by molar-refractivity contribution is 0.0302. The summed E-state index contributed by atoms with van der Waals surface area (Å²) in [5.74, 6) is 2.13. The molecule has 2 aromatic rings. The van der Waals surface area contributed by atoms with Crippen LogP contribution in [0.4, 0.5) is 14.6 Å². The van der Waals surface area contributed by atoms with Crippen LogP contribution in [0.1, 0.15) is 64.5 Å². The molecule has 41 heavy (non-hydrogen) atoms. The number of terminal acetylenes is 1. The van der Waals surface area contributed by atoms with Gasteiger partial charge in [-0.3, -0.25) is 9.88 Å². The highest BCUT2D eigenvalue weighted by Gasteiger charge is 2.49. The van der Waals surface area contributed by atoms with Gasteiger partial charge >= 0.3 is 6.01 Å². The normalized spacial score (nSPS) is 29.0. The number of halogens is 2. The molecule has 1 N–H and O–H groups in total. The molecule has 6 rings (SSSR count). The summed E-state index contributed by atoms with van der Waals surface area (Å²) in [4.78, 5) is 18.3. The number of aliphatic hydroxyl groups is 1. The number of rotatable bonds is 9. The van der Waals surface area contributed by atoms with Crippen molar-refractivity contribution in [1.29, 1.82) is 0 Å². The van der Waals surface area contributed by atoms with Gasteiger partial charge in [0.1, 0.15) is 29.8 Å². The van der Waals surface area contributed by atoms with E-state index in [0.29, 0.717) is 55.7 Å². The average molecular weight is 568 g/mol. The van der Waals surface area contributed by atoms with Crippen LogP contribution in [-0.2, 0) is 4.74 Å². The van der Waals surface area contributed by atoms with Crippen molar-refractivity contribution in [1.82, 2.24) is 19.9 Å². The fourth-order valence-corrected chi connectivity index (χ4v) is 7.45. The maximum absolute atomic E-state index is 16.5. The fraction of sp³-hybridized carbons (Fsp3) is 0.645. The maximum Gasteiger partial charge on any atom is 0.319 e. The van der Waals surface area contributed by atoms with Crippen molar-refractivity contribution in [2.75, 3.05) is 44.3 Å². The molecule has 4 aliphatic heterocycles. The van der Waals surface area contributed by atoms with Crippen molar-refractivity contribution < 1.29 is 23.4 Å². The van der Waals surface area contributed by atoms with Crippen molar-refractivity contribution in [2.24, 2.45) is 5.92 Å². The first-order chi connectivity index (χ1) is 19.9. The molecule has 4 aliphatic rings. The van der Waals surface area contributed by atoms with E-state index in [2.05, 4.69) is 25.7 Å². The second-order valence-electron chi connectivity index (χ2n) is 11.9. The predicted octanol–water partition coefficient (Wildman–Crippen LogP) is 4.30. The Hall–Kier alpha value is -2.87. The van der Waals surface area contributed by atoms with Gasteiger partial charge in [-0.15, -0.1) is 6.42 Å². The van der Waals surface area contributed by atoms with Crippen molar-refractivity contribution in [3.8, 4) is 18.4 Å². The van der Waals surface area contributed by atoms with Gasteiger partial charge in [-0.1, -0.05) is 19.8 Å². The minimum absolute atomic E-state index is 0.0838. The molecule has 0 saturated carbocycles. The highest BCUT2D eigenvalue weighted by molar-refractivity contribution is 5.91. The molecule has 0 radical (unpaired) electrons. The molecule has 8 nitrogen and oxygen atoms in total. The first kappa shape index (κ1) is 28.3. The maximum atomic E-state index is 16.5. The summed E-state index contributed by atoms with van der Waals surface area (Å²) in [5, 5.41) is 10.4. The van der Waals surface area contributed by atoms with Gasteiger partial charge in [0.25, 0.3) is 0 Å². The summed E-state index contributed by atoms with van der Waals surface area (Å²) < 4.78 is 43.2. The summed E-state index contributed by atoms with van der Waals surface area (Å²) in [6, 6.07) is 0.0838. The van der Waals surface area contributed by atoms with Gasteiger partial charge in [0, 0.05) is 32.3 Å². The Labute approximate surface area is 240 Å². The Balaban J connectivity index is 1.44. The molecule has 6 heterocycles. The second-order valence-corrected chi connectivity index (χ2v) is 11.9. The molecule has 220 valence electrons. The van der Waals surface area contributed by atoms with E-state index in [9.17, 15) is 9.50 Å². The van der Waals surface area contributed by atoms with E-state index in [1.54, 1.807) is 6.20 Å². The zero-order valence-corrected chi connectivity index (χ0v) is 23.9. The summed E-state index contributed by atoms with van der Waals surface area (Å²) in [6.07, 6.45) is 12.0. The van der Waals surface area contributed by atoms with Crippen LogP contribution in [0.25, 0.3) is 16.5 Å². The molecule has 4 saturated heterocycles. The third kappa shape index (κ3) is 5.06. The quantitative estimate of drug-likeness (QED) is 0.449. The molecule has 0 aromatic carbocycles. The molecule has 2 bridgehead atoms. The number of pyridine rings is 1. The summed E-state index contributed by atoms with van der Waals surface area (Å²) in [7, 11) is 0. The number of aromatic nitrogens is 3. The van der Waals surface area contributed by atoms with Crippen LogP contribution < -0.4 is 9.64 Å². The number of fused-ring (bicyclic) bond motifs is 4. The van der Waals surface area contributed by atoms with Gasteiger partial charge in [-0.25, -0.2) is 8.78 Å². The Kier molecular flexibility index (Phi) is 7.88. The van der Waals surface area contributed by atoms with Gasteiger partial charge in [0.2, 0.25) is 0 Å². The van der Waals surface area contributed by atoms with Gasteiger partial charge in [0.05, 0.1) is 35.7 Å². The highest BCUT2D eigenvalue weighted by Crippen LogP contribution is 2.41. The van der Waals surface area contributed by atoms with Crippen LogP contribution in [-0.4, -0.2) is 88.3 Å². The van der Waals surface area contributed by atoms with E-state index in [-0.39, 0.29) is 48.2 Å². The average Bonchev–Trinajstić information content (AvgIpc) is 3.62. The number of hydrogen-bond donors (Lipinski definition) is 1. The van der Waals surface area contributed by atoms with Gasteiger partial charge in [-0.2, -0.15) is 9.97 Å². The van der Waals surface area contributed by atoms with E-state index in [1.807, 2.05) is 13.8 Å². The molecular formula is C31H39F2N5O3. The molecule has 5 atom stereocenters.